The molecule has 2 aliphatic heterocycles. The number of carbonyl (C=O) groups excluding carboxylic acids is 1. The van der Waals surface area contributed by atoms with Crippen molar-refractivity contribution in [3.63, 3.8) is 0 Å². The van der Waals surface area contributed by atoms with Crippen molar-refractivity contribution in [2.45, 2.75) is 12.5 Å². The smallest absolute Gasteiger partial charge is 0.251 e. The minimum absolute atomic E-state index is 0.186. The topological polar surface area (TPSA) is 91.1 Å². The van der Waals surface area contributed by atoms with Crippen LogP contribution in [-0.4, -0.2) is 79.8 Å². The number of aliphatic hydroxyl groups is 1. The Labute approximate surface area is 142 Å². The fraction of sp³-hybridized carbons (Fsp3) is 0.588. The number of hydrogen-bond acceptors (Lipinski definition) is 6. The van der Waals surface area contributed by atoms with E-state index in [-0.39, 0.29) is 12.5 Å². The van der Waals surface area contributed by atoms with Gasteiger partial charge < -0.3 is 25.8 Å². The molecule has 1 aromatic carbocycles. The minimum atomic E-state index is -0.574. The molecule has 2 heterocycles. The van der Waals surface area contributed by atoms with Crippen molar-refractivity contribution in [1.82, 2.24) is 15.1 Å². The first-order valence-electron chi connectivity index (χ1n) is 8.46. The summed E-state index contributed by atoms with van der Waals surface area (Å²) in [5.74, 6) is 0.440. The second-order valence-electron chi connectivity index (χ2n) is 6.58. The first kappa shape index (κ1) is 17.0. The number of aliphatic hydroxyl groups excluding tert-OH is 1. The molecule has 1 saturated heterocycles. The van der Waals surface area contributed by atoms with E-state index in [2.05, 4.69) is 22.2 Å². The maximum absolute atomic E-state index is 12.4. The summed E-state index contributed by atoms with van der Waals surface area (Å²) >= 11 is 0. The van der Waals surface area contributed by atoms with Gasteiger partial charge in [-0.25, -0.2) is 0 Å². The van der Waals surface area contributed by atoms with E-state index >= 15 is 0 Å². The molecule has 4 N–H and O–H groups in total. The summed E-state index contributed by atoms with van der Waals surface area (Å²) in [6.45, 7) is 5.29. The third kappa shape index (κ3) is 3.80. The zero-order valence-corrected chi connectivity index (χ0v) is 14.1. The summed E-state index contributed by atoms with van der Waals surface area (Å²) in [5, 5.41) is 13.0. The molecule has 1 atom stereocenters. The van der Waals surface area contributed by atoms with Crippen molar-refractivity contribution in [2.75, 3.05) is 58.7 Å². The van der Waals surface area contributed by atoms with E-state index in [0.29, 0.717) is 36.6 Å². The van der Waals surface area contributed by atoms with Gasteiger partial charge in [-0.3, -0.25) is 9.69 Å². The van der Waals surface area contributed by atoms with Crippen molar-refractivity contribution in [3.05, 3.63) is 23.3 Å². The van der Waals surface area contributed by atoms with Gasteiger partial charge in [0.15, 0.2) is 0 Å². The number of nitrogen functional groups attached to an aromatic ring is 1. The second kappa shape index (κ2) is 7.38. The predicted molar refractivity (Wildman–Crippen MR) is 92.3 cm³/mol. The summed E-state index contributed by atoms with van der Waals surface area (Å²) in [5.41, 5.74) is 7.88. The summed E-state index contributed by atoms with van der Waals surface area (Å²) < 4.78 is 5.49. The number of rotatable bonds is 5. The lowest BCUT2D eigenvalue weighted by atomic mass is 10.0. The molecule has 2 aliphatic rings. The molecule has 7 nitrogen and oxygen atoms in total. The SMILES string of the molecule is CN1CCN(CC(O)CNC(=O)c2ccc(N)c3c2CCO3)CC1. The van der Waals surface area contributed by atoms with Crippen molar-refractivity contribution in [3.8, 4) is 5.75 Å². The van der Waals surface area contributed by atoms with E-state index in [4.69, 9.17) is 10.5 Å². The number of benzene rings is 1. The number of likely N-dealkylation sites (N-methyl/N-ethyl adjacent to an activating group) is 1. The number of β-amino-alcohol motifs (C(OH)–C–C–N with tert-alkyl or cyclic N) is 1. The van der Waals surface area contributed by atoms with Crippen molar-refractivity contribution in [1.29, 1.82) is 0 Å². The van der Waals surface area contributed by atoms with Crippen LogP contribution in [0.1, 0.15) is 15.9 Å². The van der Waals surface area contributed by atoms with Crippen LogP contribution >= 0.6 is 0 Å². The average Bonchev–Trinajstić information content (AvgIpc) is 3.06. The monoisotopic (exact) mass is 334 g/mol. The van der Waals surface area contributed by atoms with Crippen LogP contribution in [0.2, 0.25) is 0 Å². The van der Waals surface area contributed by atoms with Gasteiger partial charge >= 0.3 is 0 Å². The predicted octanol–water partition coefficient (Wildman–Crippen LogP) is -0.458. The molecule has 3 rings (SSSR count). The quantitative estimate of drug-likeness (QED) is 0.632. The number of amides is 1. The van der Waals surface area contributed by atoms with Crippen LogP contribution in [0.4, 0.5) is 5.69 Å². The summed E-state index contributed by atoms with van der Waals surface area (Å²) in [6.07, 6.45) is 0.114. The molecule has 1 unspecified atom stereocenters. The van der Waals surface area contributed by atoms with Crippen LogP contribution in [0.3, 0.4) is 0 Å². The lowest BCUT2D eigenvalue weighted by Gasteiger charge is -2.33. The maximum atomic E-state index is 12.4. The first-order chi connectivity index (χ1) is 11.5. The third-order valence-electron chi connectivity index (χ3n) is 4.70. The van der Waals surface area contributed by atoms with E-state index in [1.165, 1.54) is 0 Å². The van der Waals surface area contributed by atoms with Crippen LogP contribution < -0.4 is 15.8 Å². The first-order valence-corrected chi connectivity index (χ1v) is 8.46. The van der Waals surface area contributed by atoms with E-state index in [0.717, 1.165) is 31.7 Å². The van der Waals surface area contributed by atoms with Crippen LogP contribution in [0.5, 0.6) is 5.75 Å². The van der Waals surface area contributed by atoms with Gasteiger partial charge in [0, 0.05) is 56.8 Å². The maximum Gasteiger partial charge on any atom is 0.251 e. The number of nitrogens with two attached hydrogens (primary N) is 1. The standard InChI is InChI=1S/C17H26N4O3/c1-20-5-7-21(8-6-20)11-12(22)10-19-17(23)14-2-3-15(18)16-13(14)4-9-24-16/h2-3,12,22H,4-11,18H2,1H3,(H,19,23). The Hall–Kier alpha value is -1.83. The molecule has 132 valence electrons. The molecule has 1 aromatic rings. The second-order valence-corrected chi connectivity index (χ2v) is 6.58. The highest BCUT2D eigenvalue weighted by atomic mass is 16.5. The average molecular weight is 334 g/mol. The molecule has 0 saturated carbocycles. The van der Waals surface area contributed by atoms with Gasteiger partial charge in [-0.15, -0.1) is 0 Å². The molecule has 0 aromatic heterocycles. The lowest BCUT2D eigenvalue weighted by Crippen LogP contribution is -2.48. The van der Waals surface area contributed by atoms with E-state index < -0.39 is 6.10 Å². The molecule has 24 heavy (non-hydrogen) atoms. The Bertz CT molecular complexity index is 600. The zero-order valence-electron chi connectivity index (χ0n) is 14.1. The summed E-state index contributed by atoms with van der Waals surface area (Å²) in [7, 11) is 2.10. The fourth-order valence-electron chi connectivity index (χ4n) is 3.23. The third-order valence-corrected chi connectivity index (χ3v) is 4.70. The van der Waals surface area contributed by atoms with Crippen LogP contribution in [0, 0.1) is 0 Å². The Morgan fingerprint density at radius 1 is 1.38 bits per heavy atom. The normalized spacial score (nSPS) is 19.6. The van der Waals surface area contributed by atoms with Crippen molar-refractivity contribution in [2.24, 2.45) is 0 Å². The molecule has 0 spiro atoms. The fourth-order valence-corrected chi connectivity index (χ4v) is 3.23. The Kier molecular flexibility index (Phi) is 5.23. The Morgan fingerprint density at radius 3 is 2.88 bits per heavy atom. The lowest BCUT2D eigenvalue weighted by molar-refractivity contribution is 0.0737. The molecule has 0 aliphatic carbocycles. The van der Waals surface area contributed by atoms with Gasteiger partial charge in [0.1, 0.15) is 5.75 Å². The number of nitrogens with one attached hydrogen (secondary N) is 1. The minimum Gasteiger partial charge on any atom is -0.491 e. The van der Waals surface area contributed by atoms with Gasteiger partial charge in [0.2, 0.25) is 0 Å². The van der Waals surface area contributed by atoms with Gasteiger partial charge in [-0.2, -0.15) is 0 Å². The van der Waals surface area contributed by atoms with Crippen LogP contribution in [-0.2, 0) is 6.42 Å². The highest BCUT2D eigenvalue weighted by molar-refractivity contribution is 5.97. The highest BCUT2D eigenvalue weighted by Crippen LogP contribution is 2.34. The Morgan fingerprint density at radius 2 is 2.12 bits per heavy atom. The number of carbonyl (C=O) groups is 1. The van der Waals surface area contributed by atoms with E-state index in [1.54, 1.807) is 12.1 Å². The molecular weight excluding hydrogens is 308 g/mol. The molecule has 0 bridgehead atoms. The van der Waals surface area contributed by atoms with Crippen molar-refractivity contribution < 1.29 is 14.6 Å². The largest absolute Gasteiger partial charge is 0.491 e. The molecule has 1 amide bonds. The zero-order chi connectivity index (χ0) is 17.1. The number of anilines is 1. The number of nitrogens with zero attached hydrogens (tertiary/aromatic N) is 2. The number of fused-ring (bicyclic) bond motifs is 1. The summed E-state index contributed by atoms with van der Waals surface area (Å²) in [6, 6.07) is 3.42. The number of ether oxygens (including phenoxy) is 1. The van der Waals surface area contributed by atoms with Crippen molar-refractivity contribution >= 4 is 11.6 Å². The van der Waals surface area contributed by atoms with Crippen LogP contribution in [0.15, 0.2) is 12.1 Å². The Balaban J connectivity index is 1.52. The molecular formula is C17H26N4O3. The van der Waals surface area contributed by atoms with E-state index in [9.17, 15) is 9.90 Å². The molecule has 0 radical (unpaired) electrons. The molecule has 1 fully saturated rings. The number of hydrogen-bond donors (Lipinski definition) is 3. The highest BCUT2D eigenvalue weighted by Gasteiger charge is 2.23. The van der Waals surface area contributed by atoms with Gasteiger partial charge in [-0.05, 0) is 19.2 Å². The van der Waals surface area contributed by atoms with Gasteiger partial charge in [0.05, 0.1) is 18.4 Å². The summed E-state index contributed by atoms with van der Waals surface area (Å²) in [4.78, 5) is 16.9. The van der Waals surface area contributed by atoms with E-state index in [1.807, 2.05) is 0 Å². The molecule has 7 heteroatoms. The van der Waals surface area contributed by atoms with Gasteiger partial charge in [-0.1, -0.05) is 0 Å². The number of piperazine rings is 1. The van der Waals surface area contributed by atoms with Crippen LogP contribution in [0.25, 0.3) is 0 Å². The van der Waals surface area contributed by atoms with Gasteiger partial charge in [0.25, 0.3) is 5.91 Å².